The summed E-state index contributed by atoms with van der Waals surface area (Å²) in [7, 11) is 0. The van der Waals surface area contributed by atoms with E-state index in [0.29, 0.717) is 18.7 Å². The summed E-state index contributed by atoms with van der Waals surface area (Å²) in [5.74, 6) is -0.217. The number of H-pyrrole nitrogens is 2. The van der Waals surface area contributed by atoms with Gasteiger partial charge in [0.15, 0.2) is 0 Å². The molecule has 0 saturated carbocycles. The van der Waals surface area contributed by atoms with Gasteiger partial charge >= 0.3 is 11.8 Å². The van der Waals surface area contributed by atoms with Gasteiger partial charge in [0.1, 0.15) is 11.3 Å². The van der Waals surface area contributed by atoms with Crippen molar-refractivity contribution >= 4 is 6.09 Å². The number of likely N-dealkylation sites (tertiary alicyclic amines) is 1. The van der Waals surface area contributed by atoms with Crippen LogP contribution in [-0.4, -0.2) is 38.2 Å². The van der Waals surface area contributed by atoms with Gasteiger partial charge in [-0.2, -0.15) is 0 Å². The molecule has 0 bridgehead atoms. The molecule has 0 aromatic carbocycles. The predicted octanol–water partition coefficient (Wildman–Crippen LogP) is 1.48. The fourth-order valence-corrected chi connectivity index (χ4v) is 2.23. The van der Waals surface area contributed by atoms with E-state index in [0.717, 1.165) is 6.42 Å². The number of rotatable bonds is 1. The van der Waals surface area contributed by atoms with Gasteiger partial charge in [0.05, 0.1) is 6.04 Å². The van der Waals surface area contributed by atoms with E-state index in [9.17, 15) is 14.7 Å². The van der Waals surface area contributed by atoms with Crippen LogP contribution < -0.4 is 5.69 Å². The number of hydrogen-bond donors (Lipinski definition) is 3. The Morgan fingerprint density at radius 1 is 1.42 bits per heavy atom. The van der Waals surface area contributed by atoms with E-state index in [2.05, 4.69) is 9.97 Å². The lowest BCUT2D eigenvalue weighted by Crippen LogP contribution is -2.36. The zero-order chi connectivity index (χ0) is 14.2. The number of aromatic hydroxyl groups is 1. The molecule has 0 spiro atoms. The van der Waals surface area contributed by atoms with Crippen LogP contribution in [0.4, 0.5) is 4.79 Å². The van der Waals surface area contributed by atoms with Crippen molar-refractivity contribution in [2.24, 2.45) is 0 Å². The number of carbonyl (C=O) groups is 1. The summed E-state index contributed by atoms with van der Waals surface area (Å²) >= 11 is 0. The van der Waals surface area contributed by atoms with Gasteiger partial charge in [0, 0.05) is 6.54 Å². The molecule has 2 rings (SSSR count). The van der Waals surface area contributed by atoms with Crippen molar-refractivity contribution in [1.82, 2.24) is 14.9 Å². The highest BCUT2D eigenvalue weighted by atomic mass is 16.6. The standard InChI is InChI=1S/C12H19N3O4/c1-12(2,3)19-11(18)15-6-4-5-7(15)8-9(16)14-10(17)13-8/h7,16H,4-6H2,1-3H3,(H2,13,14,17)/t7-/m0/s1. The third-order valence-electron chi connectivity index (χ3n) is 2.95. The molecular formula is C12H19N3O4. The first kappa shape index (κ1) is 13.5. The summed E-state index contributed by atoms with van der Waals surface area (Å²) in [6.45, 7) is 5.94. The van der Waals surface area contributed by atoms with Crippen molar-refractivity contribution < 1.29 is 14.6 Å². The maximum Gasteiger partial charge on any atom is 0.410 e. The van der Waals surface area contributed by atoms with Crippen molar-refractivity contribution in [3.05, 3.63) is 16.2 Å². The molecule has 1 atom stereocenters. The van der Waals surface area contributed by atoms with Crippen molar-refractivity contribution in [1.29, 1.82) is 0 Å². The molecule has 0 unspecified atom stereocenters. The monoisotopic (exact) mass is 269 g/mol. The number of ether oxygens (including phenoxy) is 1. The fourth-order valence-electron chi connectivity index (χ4n) is 2.23. The van der Waals surface area contributed by atoms with Crippen LogP contribution >= 0.6 is 0 Å². The molecule has 1 aromatic heterocycles. The maximum absolute atomic E-state index is 12.1. The summed E-state index contributed by atoms with van der Waals surface area (Å²) in [6, 6.07) is -0.353. The van der Waals surface area contributed by atoms with Crippen LogP contribution in [0, 0.1) is 0 Å². The smallest absolute Gasteiger partial charge is 0.410 e. The highest BCUT2D eigenvalue weighted by Gasteiger charge is 2.35. The van der Waals surface area contributed by atoms with Crippen molar-refractivity contribution in [3.63, 3.8) is 0 Å². The Kier molecular flexibility index (Phi) is 3.30. The fraction of sp³-hybridized carbons (Fsp3) is 0.667. The SMILES string of the molecule is CC(C)(C)OC(=O)N1CCC[C@H]1c1[nH]c(=O)[nH]c1O. The van der Waals surface area contributed by atoms with Gasteiger partial charge in [-0.3, -0.25) is 9.88 Å². The third kappa shape index (κ3) is 2.91. The summed E-state index contributed by atoms with van der Waals surface area (Å²) < 4.78 is 5.32. The number of carbonyl (C=O) groups excluding carboxylic acids is 1. The van der Waals surface area contributed by atoms with Crippen LogP contribution in [-0.2, 0) is 4.74 Å². The van der Waals surface area contributed by atoms with Gasteiger partial charge in [0.2, 0.25) is 5.88 Å². The number of aromatic nitrogens is 2. The van der Waals surface area contributed by atoms with Crippen molar-refractivity contribution in [2.75, 3.05) is 6.54 Å². The first-order valence-electron chi connectivity index (χ1n) is 6.29. The molecule has 0 radical (unpaired) electrons. The van der Waals surface area contributed by atoms with E-state index in [-0.39, 0.29) is 11.9 Å². The number of imidazole rings is 1. The number of hydrogen-bond acceptors (Lipinski definition) is 4. The van der Waals surface area contributed by atoms with Gasteiger partial charge in [-0.15, -0.1) is 0 Å². The Hall–Kier alpha value is -1.92. The molecule has 1 aliphatic rings. The Balaban J connectivity index is 2.20. The second kappa shape index (κ2) is 4.64. The van der Waals surface area contributed by atoms with Crippen LogP contribution in [0.3, 0.4) is 0 Å². The van der Waals surface area contributed by atoms with E-state index >= 15 is 0 Å². The lowest BCUT2D eigenvalue weighted by molar-refractivity contribution is 0.0220. The van der Waals surface area contributed by atoms with Gasteiger partial charge in [-0.1, -0.05) is 0 Å². The predicted molar refractivity (Wildman–Crippen MR) is 68.0 cm³/mol. The number of nitrogens with zero attached hydrogens (tertiary/aromatic N) is 1. The number of aromatic amines is 2. The zero-order valence-electron chi connectivity index (χ0n) is 11.3. The minimum absolute atomic E-state index is 0.217. The van der Waals surface area contributed by atoms with Crippen LogP contribution in [0.5, 0.6) is 5.88 Å². The normalized spacial score (nSPS) is 19.7. The molecular weight excluding hydrogens is 250 g/mol. The highest BCUT2D eigenvalue weighted by Crippen LogP contribution is 2.34. The first-order chi connectivity index (χ1) is 8.78. The highest BCUT2D eigenvalue weighted by molar-refractivity contribution is 5.69. The zero-order valence-corrected chi connectivity index (χ0v) is 11.3. The summed E-state index contributed by atoms with van der Waals surface area (Å²) in [6.07, 6.45) is 1.05. The third-order valence-corrected chi connectivity index (χ3v) is 2.95. The van der Waals surface area contributed by atoms with Gasteiger partial charge in [0.25, 0.3) is 0 Å². The Morgan fingerprint density at radius 3 is 2.63 bits per heavy atom. The van der Waals surface area contributed by atoms with Gasteiger partial charge in [-0.25, -0.2) is 9.59 Å². The molecule has 1 aromatic rings. The Labute approximate surface area is 110 Å². The average molecular weight is 269 g/mol. The largest absolute Gasteiger partial charge is 0.493 e. The quantitative estimate of drug-likeness (QED) is 0.719. The molecule has 3 N–H and O–H groups in total. The second-order valence-corrected chi connectivity index (χ2v) is 5.67. The Bertz CT molecular complexity index is 526. The first-order valence-corrected chi connectivity index (χ1v) is 6.29. The van der Waals surface area contributed by atoms with E-state index in [1.165, 1.54) is 4.90 Å². The van der Waals surface area contributed by atoms with E-state index in [1.54, 1.807) is 20.8 Å². The minimum Gasteiger partial charge on any atom is -0.493 e. The second-order valence-electron chi connectivity index (χ2n) is 5.67. The molecule has 19 heavy (non-hydrogen) atoms. The van der Waals surface area contributed by atoms with E-state index in [1.807, 2.05) is 0 Å². The average Bonchev–Trinajstić information content (AvgIpc) is 2.81. The molecule has 2 heterocycles. The van der Waals surface area contributed by atoms with Gasteiger partial charge < -0.3 is 14.8 Å². The summed E-state index contributed by atoms with van der Waals surface area (Å²) in [5.41, 5.74) is -0.713. The summed E-state index contributed by atoms with van der Waals surface area (Å²) in [5, 5.41) is 9.66. The van der Waals surface area contributed by atoms with Crippen LogP contribution in [0.1, 0.15) is 45.3 Å². The molecule has 0 aliphatic carbocycles. The number of amides is 1. The summed E-state index contributed by atoms with van der Waals surface area (Å²) in [4.78, 5) is 29.6. The van der Waals surface area contributed by atoms with Crippen LogP contribution in [0.25, 0.3) is 0 Å². The lowest BCUT2D eigenvalue weighted by atomic mass is 10.1. The topological polar surface area (TPSA) is 98.4 Å². The molecule has 1 fully saturated rings. The molecule has 7 heteroatoms. The Morgan fingerprint density at radius 2 is 2.11 bits per heavy atom. The van der Waals surface area contributed by atoms with Gasteiger partial charge in [-0.05, 0) is 33.6 Å². The van der Waals surface area contributed by atoms with E-state index in [4.69, 9.17) is 4.74 Å². The number of nitrogens with one attached hydrogen (secondary N) is 2. The van der Waals surface area contributed by atoms with Crippen molar-refractivity contribution in [2.45, 2.75) is 45.3 Å². The molecule has 1 aliphatic heterocycles. The molecule has 1 saturated heterocycles. The molecule has 106 valence electrons. The van der Waals surface area contributed by atoms with Crippen LogP contribution in [0.2, 0.25) is 0 Å². The van der Waals surface area contributed by atoms with Crippen molar-refractivity contribution in [3.8, 4) is 5.88 Å². The minimum atomic E-state index is -0.572. The van der Waals surface area contributed by atoms with Crippen LogP contribution in [0.15, 0.2) is 4.79 Å². The van der Waals surface area contributed by atoms with E-state index < -0.39 is 17.4 Å². The maximum atomic E-state index is 12.1. The lowest BCUT2D eigenvalue weighted by Gasteiger charge is -2.28. The molecule has 7 nitrogen and oxygen atoms in total. The molecule has 1 amide bonds.